The van der Waals surface area contributed by atoms with Crippen molar-refractivity contribution in [3.63, 3.8) is 0 Å². The Labute approximate surface area is 118 Å². The molecule has 1 rings (SSSR count). The number of aliphatic imine (C=N–C) groups is 1. The lowest BCUT2D eigenvalue weighted by Gasteiger charge is -2.23. The first-order valence-electron chi connectivity index (χ1n) is 5.76. The average Bonchev–Trinajstić information content (AvgIpc) is 2.34. The van der Waals surface area contributed by atoms with E-state index in [-0.39, 0.29) is 5.78 Å². The van der Waals surface area contributed by atoms with Crippen LogP contribution in [0.4, 0.5) is 0 Å². The predicted molar refractivity (Wildman–Crippen MR) is 82.9 cm³/mol. The Hall–Kier alpha value is -0.940. The van der Waals surface area contributed by atoms with Crippen molar-refractivity contribution in [2.45, 2.75) is 32.6 Å². The summed E-state index contributed by atoms with van der Waals surface area (Å²) in [4.78, 5) is 17.2. The summed E-state index contributed by atoms with van der Waals surface area (Å²) in [5, 5.41) is 4.53. The second-order valence-electron chi connectivity index (χ2n) is 3.73. The highest BCUT2D eigenvalue weighted by atomic mass is 32.2. The van der Waals surface area contributed by atoms with E-state index in [0.717, 1.165) is 16.4 Å². The Morgan fingerprint density at radius 2 is 2.33 bits per heavy atom. The van der Waals surface area contributed by atoms with Crippen LogP contribution in [0.5, 0.6) is 0 Å². The van der Waals surface area contributed by atoms with E-state index in [0.29, 0.717) is 12.0 Å². The summed E-state index contributed by atoms with van der Waals surface area (Å²) < 4.78 is 0. The van der Waals surface area contributed by atoms with E-state index in [4.69, 9.17) is 0 Å². The highest BCUT2D eigenvalue weighted by Gasteiger charge is 2.24. The van der Waals surface area contributed by atoms with Gasteiger partial charge >= 0.3 is 0 Å². The van der Waals surface area contributed by atoms with Gasteiger partial charge in [0.2, 0.25) is 0 Å². The third kappa shape index (κ3) is 3.29. The van der Waals surface area contributed by atoms with Crippen molar-refractivity contribution in [3.05, 3.63) is 34.2 Å². The van der Waals surface area contributed by atoms with Crippen molar-refractivity contribution < 1.29 is 4.79 Å². The lowest BCUT2D eigenvalue weighted by molar-refractivity contribution is -0.115. The number of thiol groups is 1. The van der Waals surface area contributed by atoms with Gasteiger partial charge in [-0.1, -0.05) is 31.3 Å². The highest BCUT2D eigenvalue weighted by Crippen LogP contribution is 2.25. The van der Waals surface area contributed by atoms with E-state index in [9.17, 15) is 4.79 Å². The molecule has 0 aromatic heterocycles. The van der Waals surface area contributed by atoms with E-state index < -0.39 is 5.37 Å². The molecule has 1 atom stereocenters. The molecule has 0 aliphatic carbocycles. The number of amidine groups is 1. The van der Waals surface area contributed by atoms with Gasteiger partial charge in [-0.25, -0.2) is 4.99 Å². The average molecular weight is 282 g/mol. The molecule has 1 heterocycles. The van der Waals surface area contributed by atoms with Crippen molar-refractivity contribution in [1.82, 2.24) is 5.32 Å². The van der Waals surface area contributed by atoms with E-state index in [1.54, 1.807) is 5.41 Å². The van der Waals surface area contributed by atoms with Gasteiger partial charge < -0.3 is 5.32 Å². The smallest absolute Gasteiger partial charge is 0.163 e. The molecule has 0 aromatic rings. The molecule has 1 N–H and O–H groups in total. The molecule has 3 nitrogen and oxygen atoms in total. The summed E-state index contributed by atoms with van der Waals surface area (Å²) in [6.07, 6.45) is 2.42. The second kappa shape index (κ2) is 6.85. The normalized spacial score (nSPS) is 20.3. The fraction of sp³-hybridized carbons (Fsp3) is 0.385. The summed E-state index contributed by atoms with van der Waals surface area (Å²) in [6.45, 7) is 9.35. The zero-order valence-electron chi connectivity index (χ0n) is 10.9. The fourth-order valence-electron chi connectivity index (χ4n) is 1.68. The van der Waals surface area contributed by atoms with Gasteiger partial charge in [0.05, 0.1) is 0 Å². The van der Waals surface area contributed by atoms with E-state index in [2.05, 4.69) is 29.5 Å². The second-order valence-corrected chi connectivity index (χ2v) is 5.23. The van der Waals surface area contributed by atoms with Crippen LogP contribution in [0.15, 0.2) is 39.2 Å². The third-order valence-electron chi connectivity index (χ3n) is 2.55. The minimum absolute atomic E-state index is 0.0844. The van der Waals surface area contributed by atoms with Crippen molar-refractivity contribution in [2.75, 3.05) is 0 Å². The molecule has 0 radical (unpaired) electrons. The number of ketones is 1. The number of rotatable bonds is 5. The number of hydrogen-bond donors (Lipinski definition) is 2. The number of nitrogens with one attached hydrogen (secondary N) is 1. The maximum atomic E-state index is 11.8. The van der Waals surface area contributed by atoms with Crippen LogP contribution in [0.25, 0.3) is 0 Å². The molecule has 0 saturated carbocycles. The topological polar surface area (TPSA) is 41.5 Å². The molecule has 0 aromatic carbocycles. The number of nitrogens with zero attached hydrogens (tertiary/aromatic N) is 1. The third-order valence-corrected chi connectivity index (χ3v) is 3.77. The van der Waals surface area contributed by atoms with Crippen LogP contribution in [0.1, 0.15) is 27.2 Å². The molecule has 0 saturated heterocycles. The molecule has 1 aliphatic rings. The lowest BCUT2D eigenvalue weighted by Crippen LogP contribution is -2.33. The Kier molecular flexibility index (Phi) is 5.75. The quantitative estimate of drug-likeness (QED) is 0.760. The first kappa shape index (κ1) is 15.1. The molecule has 98 valence electrons. The number of carbonyl (C=O) groups excluding carboxylic acids is 1. The number of allylic oxidation sites excluding steroid dienone is 2. The van der Waals surface area contributed by atoms with Crippen LogP contribution < -0.4 is 5.32 Å². The standard InChI is InChI=1S/C13H18N2OS2/c1-5-9(16)11-8(4)14-12(15-13(11)17)10(6-2)18-7-3/h6-7,13,17H,3,5H2,1-2,4H3,(H,14,15)/b10-6-. The van der Waals surface area contributed by atoms with Crippen LogP contribution in [0.3, 0.4) is 0 Å². The Morgan fingerprint density at radius 3 is 2.78 bits per heavy atom. The van der Waals surface area contributed by atoms with E-state index in [1.807, 2.05) is 26.8 Å². The van der Waals surface area contributed by atoms with Crippen LogP contribution in [0.2, 0.25) is 0 Å². The van der Waals surface area contributed by atoms with E-state index >= 15 is 0 Å². The first-order valence-corrected chi connectivity index (χ1v) is 7.15. The molecule has 18 heavy (non-hydrogen) atoms. The summed E-state index contributed by atoms with van der Waals surface area (Å²) in [6, 6.07) is 0. The number of carbonyl (C=O) groups is 1. The fourth-order valence-corrected chi connectivity index (χ4v) is 2.66. The Balaban J connectivity index is 3.01. The summed E-state index contributed by atoms with van der Waals surface area (Å²) in [5.41, 5.74) is 1.49. The number of thioether (sulfide) groups is 1. The zero-order chi connectivity index (χ0) is 13.7. The monoisotopic (exact) mass is 282 g/mol. The minimum atomic E-state index is -0.394. The highest BCUT2D eigenvalue weighted by molar-refractivity contribution is 8.06. The van der Waals surface area contributed by atoms with Crippen LogP contribution >= 0.6 is 24.4 Å². The van der Waals surface area contributed by atoms with Gasteiger partial charge in [0.25, 0.3) is 0 Å². The molecule has 1 aliphatic heterocycles. The molecule has 0 amide bonds. The van der Waals surface area contributed by atoms with Crippen LogP contribution in [-0.4, -0.2) is 17.0 Å². The molecule has 5 heteroatoms. The van der Waals surface area contributed by atoms with Crippen molar-refractivity contribution in [1.29, 1.82) is 0 Å². The van der Waals surface area contributed by atoms with Gasteiger partial charge in [0.1, 0.15) is 11.2 Å². The van der Waals surface area contributed by atoms with Gasteiger partial charge in [-0.3, -0.25) is 4.79 Å². The summed E-state index contributed by atoms with van der Waals surface area (Å²) in [5.74, 6) is 0.828. The van der Waals surface area contributed by atoms with Gasteiger partial charge in [-0.05, 0) is 19.3 Å². The summed E-state index contributed by atoms with van der Waals surface area (Å²) in [7, 11) is 0. The number of Topliss-reactive ketones (excluding diaryl/α,β-unsaturated/α-hetero) is 1. The maximum Gasteiger partial charge on any atom is 0.163 e. The van der Waals surface area contributed by atoms with E-state index in [1.165, 1.54) is 11.8 Å². The maximum absolute atomic E-state index is 11.8. The lowest BCUT2D eigenvalue weighted by atomic mass is 10.1. The van der Waals surface area contributed by atoms with Gasteiger partial charge in [-0.2, -0.15) is 0 Å². The number of hydrogen-bond acceptors (Lipinski definition) is 5. The van der Waals surface area contributed by atoms with Crippen molar-refractivity contribution in [2.24, 2.45) is 4.99 Å². The SMILES string of the molecule is C=CS/C(=C\C)C1=NC(S)C(C(=O)CC)=C(C)N1. The van der Waals surface area contributed by atoms with Gasteiger partial charge in [-0.15, -0.1) is 12.6 Å². The molecule has 0 bridgehead atoms. The first-order chi connectivity index (χ1) is 8.54. The van der Waals surface area contributed by atoms with Crippen molar-refractivity contribution in [3.8, 4) is 0 Å². The van der Waals surface area contributed by atoms with Crippen molar-refractivity contribution >= 4 is 36.0 Å². The molecule has 1 unspecified atom stereocenters. The molecule has 0 fully saturated rings. The Bertz CT molecular complexity index is 450. The van der Waals surface area contributed by atoms with Crippen LogP contribution in [0, 0.1) is 0 Å². The predicted octanol–water partition coefficient (Wildman–Crippen LogP) is 3.28. The largest absolute Gasteiger partial charge is 0.343 e. The molecule has 0 spiro atoms. The summed E-state index contributed by atoms with van der Waals surface area (Å²) >= 11 is 5.89. The van der Waals surface area contributed by atoms with Crippen LogP contribution in [-0.2, 0) is 4.79 Å². The molecular formula is C13H18N2OS2. The molecular weight excluding hydrogens is 264 g/mol. The zero-order valence-corrected chi connectivity index (χ0v) is 12.6. The minimum Gasteiger partial charge on any atom is -0.343 e. The van der Waals surface area contributed by atoms with Gasteiger partial charge in [0.15, 0.2) is 5.78 Å². The van der Waals surface area contributed by atoms with Gasteiger partial charge in [0, 0.05) is 22.6 Å². The Morgan fingerprint density at radius 1 is 1.67 bits per heavy atom.